The van der Waals surface area contributed by atoms with Crippen molar-refractivity contribution in [3.05, 3.63) is 40.3 Å². The average molecular weight is 304 g/mol. The molecule has 0 saturated heterocycles. The van der Waals surface area contributed by atoms with Crippen molar-refractivity contribution in [2.24, 2.45) is 0 Å². The van der Waals surface area contributed by atoms with E-state index in [-0.39, 0.29) is 5.91 Å². The average Bonchev–Trinajstić information content (AvgIpc) is 3.05. The van der Waals surface area contributed by atoms with Crippen molar-refractivity contribution in [3.63, 3.8) is 0 Å². The Hall–Kier alpha value is -1.99. The molecule has 0 unspecified atom stereocenters. The molecule has 0 spiro atoms. The number of rotatable bonds is 4. The van der Waals surface area contributed by atoms with E-state index >= 15 is 0 Å². The van der Waals surface area contributed by atoms with Crippen molar-refractivity contribution in [3.8, 4) is 0 Å². The Balaban J connectivity index is 1.65. The summed E-state index contributed by atoms with van der Waals surface area (Å²) in [5, 5.41) is 5.38. The van der Waals surface area contributed by atoms with Crippen LogP contribution in [0.1, 0.15) is 16.1 Å². The van der Waals surface area contributed by atoms with Crippen LogP contribution in [0.5, 0.6) is 0 Å². The minimum Gasteiger partial charge on any atom is -0.375 e. The number of benzene rings is 1. The third-order valence-corrected chi connectivity index (χ3v) is 4.32. The van der Waals surface area contributed by atoms with E-state index in [0.29, 0.717) is 17.2 Å². The van der Waals surface area contributed by atoms with Crippen LogP contribution in [0.4, 0.5) is 5.13 Å². The van der Waals surface area contributed by atoms with Gasteiger partial charge in [0.1, 0.15) is 0 Å². The van der Waals surface area contributed by atoms with Crippen LogP contribution in [0.3, 0.4) is 0 Å². The summed E-state index contributed by atoms with van der Waals surface area (Å²) in [7, 11) is 0. The lowest BCUT2D eigenvalue weighted by Crippen LogP contribution is -2.25. The second-order valence-electron chi connectivity index (χ2n) is 4.22. The van der Waals surface area contributed by atoms with Gasteiger partial charge in [-0.25, -0.2) is 9.97 Å². The van der Waals surface area contributed by atoms with Crippen molar-refractivity contribution in [1.29, 1.82) is 0 Å². The first kappa shape index (κ1) is 13.0. The normalized spacial score (nSPS) is 10.8. The fraction of sp³-hybridized carbons (Fsp3) is 0.154. The van der Waals surface area contributed by atoms with Gasteiger partial charge in [0.15, 0.2) is 5.13 Å². The number of carbonyl (C=O) groups is 1. The van der Waals surface area contributed by atoms with Crippen molar-refractivity contribution in [2.45, 2.75) is 6.42 Å². The second kappa shape index (κ2) is 5.56. The van der Waals surface area contributed by atoms with Crippen LogP contribution in [0.2, 0.25) is 0 Å². The van der Waals surface area contributed by atoms with Crippen LogP contribution >= 0.6 is 22.7 Å². The molecule has 102 valence electrons. The van der Waals surface area contributed by atoms with E-state index in [1.54, 1.807) is 29.0 Å². The van der Waals surface area contributed by atoms with Crippen LogP contribution in [-0.4, -0.2) is 22.4 Å². The van der Waals surface area contributed by atoms with Crippen LogP contribution in [0.25, 0.3) is 10.2 Å². The Bertz CT molecular complexity index is 736. The third kappa shape index (κ3) is 2.78. The molecule has 0 atom stereocenters. The lowest BCUT2D eigenvalue weighted by molar-refractivity contribution is 0.0954. The molecular formula is C13H12N4OS2. The number of carbonyl (C=O) groups excluding carboxylic acids is 1. The van der Waals surface area contributed by atoms with Gasteiger partial charge in [0.2, 0.25) is 0 Å². The fourth-order valence-electron chi connectivity index (χ4n) is 1.85. The van der Waals surface area contributed by atoms with Crippen LogP contribution < -0.4 is 11.1 Å². The summed E-state index contributed by atoms with van der Waals surface area (Å²) in [5.41, 5.74) is 9.80. The second-order valence-corrected chi connectivity index (χ2v) is 6.00. The monoisotopic (exact) mass is 304 g/mol. The smallest absolute Gasteiger partial charge is 0.251 e. The molecule has 0 aliphatic rings. The van der Waals surface area contributed by atoms with Crippen molar-refractivity contribution >= 4 is 43.9 Å². The number of nitrogen functional groups attached to an aromatic ring is 1. The molecule has 3 rings (SSSR count). The Morgan fingerprint density at radius 1 is 1.40 bits per heavy atom. The van der Waals surface area contributed by atoms with Gasteiger partial charge < -0.3 is 11.1 Å². The molecule has 0 saturated carbocycles. The molecule has 0 fully saturated rings. The fourth-order valence-corrected chi connectivity index (χ4v) is 3.16. The van der Waals surface area contributed by atoms with Gasteiger partial charge in [0.05, 0.1) is 21.4 Å². The maximum Gasteiger partial charge on any atom is 0.251 e. The Morgan fingerprint density at radius 2 is 2.30 bits per heavy atom. The number of anilines is 1. The summed E-state index contributed by atoms with van der Waals surface area (Å²) in [4.78, 5) is 20.4. The highest BCUT2D eigenvalue weighted by molar-refractivity contribution is 7.22. The van der Waals surface area contributed by atoms with Crippen molar-refractivity contribution < 1.29 is 4.79 Å². The summed E-state index contributed by atoms with van der Waals surface area (Å²) in [6.07, 6.45) is 0.737. The van der Waals surface area contributed by atoms with Crippen molar-refractivity contribution in [1.82, 2.24) is 15.3 Å². The number of hydrogen-bond donors (Lipinski definition) is 2. The van der Waals surface area contributed by atoms with E-state index in [2.05, 4.69) is 15.3 Å². The summed E-state index contributed by atoms with van der Waals surface area (Å²) in [6, 6.07) is 5.43. The lowest BCUT2D eigenvalue weighted by atomic mass is 10.2. The summed E-state index contributed by atoms with van der Waals surface area (Å²) < 4.78 is 0.988. The number of nitrogens with two attached hydrogens (primary N) is 1. The number of aromatic nitrogens is 2. The van der Waals surface area contributed by atoms with Crippen LogP contribution in [-0.2, 0) is 6.42 Å². The van der Waals surface area contributed by atoms with Gasteiger partial charge in [0, 0.05) is 23.9 Å². The number of amides is 1. The van der Waals surface area contributed by atoms with Gasteiger partial charge in [0.25, 0.3) is 5.91 Å². The highest BCUT2D eigenvalue weighted by atomic mass is 32.1. The molecule has 0 radical (unpaired) electrons. The first-order valence-corrected chi connectivity index (χ1v) is 7.79. The number of thiazole rings is 2. The first-order valence-electron chi connectivity index (χ1n) is 6.04. The predicted molar refractivity (Wildman–Crippen MR) is 82.2 cm³/mol. The number of hydrogen-bond acceptors (Lipinski definition) is 6. The minimum absolute atomic E-state index is 0.103. The number of fused-ring (bicyclic) bond motifs is 1. The molecule has 0 aliphatic carbocycles. The van der Waals surface area contributed by atoms with Crippen molar-refractivity contribution in [2.75, 3.05) is 12.3 Å². The molecule has 0 bridgehead atoms. The lowest BCUT2D eigenvalue weighted by Gasteiger charge is -2.04. The first-order chi connectivity index (χ1) is 9.72. The molecule has 3 aromatic rings. The molecule has 2 heterocycles. The highest BCUT2D eigenvalue weighted by Gasteiger charge is 2.08. The largest absolute Gasteiger partial charge is 0.375 e. The van der Waals surface area contributed by atoms with E-state index in [1.807, 2.05) is 11.4 Å². The Morgan fingerprint density at radius 3 is 3.10 bits per heavy atom. The standard InChI is InChI=1S/C13H12N4OS2/c14-13-17-10-5-8(1-2-11(10)20-13)12(18)15-4-3-9-6-19-7-16-9/h1-2,5-7H,3-4H2,(H2,14,17)(H,15,18). The van der Waals surface area contributed by atoms with Crippen LogP contribution in [0, 0.1) is 0 Å². The van der Waals surface area contributed by atoms with E-state index in [9.17, 15) is 4.79 Å². The van der Waals surface area contributed by atoms with Gasteiger partial charge in [-0.15, -0.1) is 11.3 Å². The zero-order valence-electron chi connectivity index (χ0n) is 10.5. The molecule has 0 aliphatic heterocycles. The van der Waals surface area contributed by atoms with E-state index < -0.39 is 0 Å². The third-order valence-electron chi connectivity index (χ3n) is 2.82. The molecule has 5 nitrogen and oxygen atoms in total. The number of nitrogens with zero attached hydrogens (tertiary/aromatic N) is 2. The molecule has 20 heavy (non-hydrogen) atoms. The highest BCUT2D eigenvalue weighted by Crippen LogP contribution is 2.24. The zero-order valence-corrected chi connectivity index (χ0v) is 12.1. The van der Waals surface area contributed by atoms with E-state index in [0.717, 1.165) is 22.3 Å². The Kier molecular flexibility index (Phi) is 3.62. The van der Waals surface area contributed by atoms with Gasteiger partial charge in [-0.1, -0.05) is 11.3 Å². The van der Waals surface area contributed by atoms with Gasteiger partial charge >= 0.3 is 0 Å². The molecule has 2 aromatic heterocycles. The quantitative estimate of drug-likeness (QED) is 0.775. The SMILES string of the molecule is Nc1nc2cc(C(=O)NCCc3cscn3)ccc2s1. The van der Waals surface area contributed by atoms with E-state index in [1.165, 1.54) is 11.3 Å². The number of nitrogens with one attached hydrogen (secondary N) is 1. The Labute approximate surface area is 123 Å². The minimum atomic E-state index is -0.103. The topological polar surface area (TPSA) is 80.9 Å². The molecule has 1 aromatic carbocycles. The van der Waals surface area contributed by atoms with Gasteiger partial charge in [-0.2, -0.15) is 0 Å². The molecule has 3 N–H and O–H groups in total. The van der Waals surface area contributed by atoms with Crippen LogP contribution in [0.15, 0.2) is 29.1 Å². The molecule has 1 amide bonds. The van der Waals surface area contributed by atoms with Gasteiger partial charge in [-0.3, -0.25) is 4.79 Å². The summed E-state index contributed by atoms with van der Waals surface area (Å²) in [5.74, 6) is -0.103. The predicted octanol–water partition coefficient (Wildman–Crippen LogP) is 2.31. The summed E-state index contributed by atoms with van der Waals surface area (Å²) >= 11 is 2.97. The van der Waals surface area contributed by atoms with Gasteiger partial charge in [-0.05, 0) is 18.2 Å². The molecular weight excluding hydrogens is 292 g/mol. The maximum absolute atomic E-state index is 12.0. The zero-order chi connectivity index (χ0) is 13.9. The summed E-state index contributed by atoms with van der Waals surface area (Å²) in [6.45, 7) is 0.569. The molecule has 7 heteroatoms. The maximum atomic E-state index is 12.0. The van der Waals surface area contributed by atoms with E-state index in [4.69, 9.17) is 5.73 Å².